The lowest BCUT2D eigenvalue weighted by molar-refractivity contribution is -0.384. The number of nitro groups is 1. The van der Waals surface area contributed by atoms with Crippen molar-refractivity contribution in [1.29, 1.82) is 0 Å². The summed E-state index contributed by atoms with van der Waals surface area (Å²) in [6, 6.07) is 18.6. The quantitative estimate of drug-likeness (QED) is 0.438. The van der Waals surface area contributed by atoms with Crippen LogP contribution in [-0.2, 0) is 0 Å². The summed E-state index contributed by atoms with van der Waals surface area (Å²) in [4.78, 5) is 19.4. The highest BCUT2D eigenvalue weighted by Gasteiger charge is 2.15. The lowest BCUT2D eigenvalue weighted by Gasteiger charge is -2.08. The van der Waals surface area contributed by atoms with Gasteiger partial charge in [0.25, 0.3) is 0 Å². The second-order valence-electron chi connectivity index (χ2n) is 5.79. The molecule has 0 spiro atoms. The highest BCUT2D eigenvalue weighted by atomic mass is 16.6. The number of nitrogens with one attached hydrogen (secondary N) is 1. The topological polar surface area (TPSA) is 85.9 Å². The third kappa shape index (κ3) is 2.75. The first-order valence-corrected chi connectivity index (χ1v) is 8.04. The Labute approximate surface area is 149 Å². The normalized spacial score (nSPS) is 10.8. The summed E-state index contributed by atoms with van der Waals surface area (Å²) in [5, 5.41) is 14.2. The summed E-state index contributed by atoms with van der Waals surface area (Å²) in [6.45, 7) is 1.95. The number of imidazole rings is 1. The summed E-state index contributed by atoms with van der Waals surface area (Å²) < 4.78 is 2.07. The molecule has 4 rings (SSSR count). The molecule has 2 aromatic heterocycles. The van der Waals surface area contributed by atoms with Gasteiger partial charge in [0.15, 0.2) is 0 Å². The molecule has 1 N–H and O–H groups in total. The zero-order valence-electron chi connectivity index (χ0n) is 14.0. The third-order valence-corrected chi connectivity index (χ3v) is 4.08. The van der Waals surface area contributed by atoms with Gasteiger partial charge in [-0.15, -0.1) is 0 Å². The fourth-order valence-electron chi connectivity index (χ4n) is 2.96. The van der Waals surface area contributed by atoms with Crippen molar-refractivity contribution in [1.82, 2.24) is 14.5 Å². The number of para-hydroxylation sites is 1. The van der Waals surface area contributed by atoms with E-state index in [1.54, 1.807) is 0 Å². The Kier molecular flexibility index (Phi) is 3.81. The number of hydrogen-bond acceptors (Lipinski definition) is 5. The predicted octanol–water partition coefficient (Wildman–Crippen LogP) is 4.38. The molecule has 26 heavy (non-hydrogen) atoms. The molecule has 0 fully saturated rings. The van der Waals surface area contributed by atoms with Crippen LogP contribution in [0.4, 0.5) is 17.2 Å². The van der Waals surface area contributed by atoms with Gasteiger partial charge in [0.05, 0.1) is 16.0 Å². The van der Waals surface area contributed by atoms with E-state index in [0.717, 1.165) is 22.5 Å². The number of benzene rings is 2. The summed E-state index contributed by atoms with van der Waals surface area (Å²) in [5.41, 5.74) is 3.42. The smallest absolute Gasteiger partial charge is 0.311 e. The number of aromatic nitrogens is 3. The number of fused-ring (bicyclic) bond motifs is 1. The van der Waals surface area contributed by atoms with Gasteiger partial charge < -0.3 is 5.32 Å². The molecule has 0 saturated carbocycles. The van der Waals surface area contributed by atoms with Crippen molar-refractivity contribution in [3.05, 3.63) is 82.8 Å². The van der Waals surface area contributed by atoms with Gasteiger partial charge in [-0.1, -0.05) is 18.2 Å². The molecule has 0 aliphatic carbocycles. The van der Waals surface area contributed by atoms with E-state index in [0.29, 0.717) is 5.69 Å². The number of aryl methyl sites for hydroxylation is 1. The molecule has 0 radical (unpaired) electrons. The minimum Gasteiger partial charge on any atom is -0.334 e. The Morgan fingerprint density at radius 3 is 2.65 bits per heavy atom. The lowest BCUT2D eigenvalue weighted by atomic mass is 10.2. The predicted molar refractivity (Wildman–Crippen MR) is 100.0 cm³/mol. The van der Waals surface area contributed by atoms with E-state index in [2.05, 4.69) is 19.9 Å². The highest BCUT2D eigenvalue weighted by Crippen LogP contribution is 2.28. The molecule has 0 amide bonds. The molecule has 0 atom stereocenters. The summed E-state index contributed by atoms with van der Waals surface area (Å²) in [5.74, 6) is 1.07. The van der Waals surface area contributed by atoms with Gasteiger partial charge in [-0.05, 0) is 43.3 Å². The van der Waals surface area contributed by atoms with Crippen LogP contribution in [0.3, 0.4) is 0 Å². The molecule has 2 heterocycles. The third-order valence-electron chi connectivity index (χ3n) is 4.08. The van der Waals surface area contributed by atoms with Crippen LogP contribution in [0.15, 0.2) is 66.9 Å². The van der Waals surface area contributed by atoms with Crippen molar-refractivity contribution in [2.24, 2.45) is 0 Å². The van der Waals surface area contributed by atoms with Crippen LogP contribution in [0.5, 0.6) is 0 Å². The maximum atomic E-state index is 11.1. The first-order chi connectivity index (χ1) is 12.6. The zero-order chi connectivity index (χ0) is 18.1. The van der Waals surface area contributed by atoms with Crippen LogP contribution in [0.25, 0.3) is 16.7 Å². The molecule has 0 bridgehead atoms. The lowest BCUT2D eigenvalue weighted by Crippen LogP contribution is -1.99. The molecule has 4 aromatic rings. The second-order valence-corrected chi connectivity index (χ2v) is 5.79. The van der Waals surface area contributed by atoms with Gasteiger partial charge in [-0.2, -0.15) is 0 Å². The maximum absolute atomic E-state index is 11.1. The fraction of sp³-hybridized carbons (Fsp3) is 0.0526. The van der Waals surface area contributed by atoms with E-state index >= 15 is 0 Å². The number of pyridine rings is 1. The average Bonchev–Trinajstić information content (AvgIpc) is 2.97. The van der Waals surface area contributed by atoms with Gasteiger partial charge in [-0.3, -0.25) is 14.7 Å². The molecule has 0 unspecified atom stereocenters. The van der Waals surface area contributed by atoms with Gasteiger partial charge in [0.1, 0.15) is 5.82 Å². The number of rotatable bonds is 4. The van der Waals surface area contributed by atoms with Gasteiger partial charge >= 0.3 is 5.69 Å². The Balaban J connectivity index is 1.75. The van der Waals surface area contributed by atoms with Crippen LogP contribution < -0.4 is 5.32 Å². The molecule has 2 aromatic carbocycles. The van der Waals surface area contributed by atoms with Crippen molar-refractivity contribution < 1.29 is 4.92 Å². The molecule has 0 aliphatic heterocycles. The fourth-order valence-corrected chi connectivity index (χ4v) is 2.96. The van der Waals surface area contributed by atoms with Crippen molar-refractivity contribution in [3.8, 4) is 5.69 Å². The van der Waals surface area contributed by atoms with Gasteiger partial charge in [0.2, 0.25) is 5.82 Å². The molecule has 128 valence electrons. The number of hydrogen-bond donors (Lipinski definition) is 1. The van der Waals surface area contributed by atoms with E-state index in [1.807, 2.05) is 55.5 Å². The van der Waals surface area contributed by atoms with E-state index in [-0.39, 0.29) is 11.5 Å². The van der Waals surface area contributed by atoms with Crippen LogP contribution in [0.2, 0.25) is 0 Å². The van der Waals surface area contributed by atoms with Gasteiger partial charge in [-0.25, -0.2) is 9.97 Å². The Morgan fingerprint density at radius 1 is 1.08 bits per heavy atom. The molecule has 0 aliphatic rings. The van der Waals surface area contributed by atoms with Crippen LogP contribution in [0, 0.1) is 17.0 Å². The first-order valence-electron chi connectivity index (χ1n) is 8.04. The molecular weight excluding hydrogens is 330 g/mol. The van der Waals surface area contributed by atoms with E-state index in [9.17, 15) is 10.1 Å². The molecule has 7 heteroatoms. The maximum Gasteiger partial charge on any atom is 0.311 e. The monoisotopic (exact) mass is 345 g/mol. The van der Waals surface area contributed by atoms with Crippen LogP contribution in [0.1, 0.15) is 5.82 Å². The van der Waals surface area contributed by atoms with Gasteiger partial charge in [0, 0.05) is 23.6 Å². The Morgan fingerprint density at radius 2 is 1.88 bits per heavy atom. The number of anilines is 2. The highest BCUT2D eigenvalue weighted by molar-refractivity contribution is 5.83. The Bertz CT molecular complexity index is 1110. The Hall–Kier alpha value is -3.74. The van der Waals surface area contributed by atoms with Crippen LogP contribution >= 0.6 is 0 Å². The largest absolute Gasteiger partial charge is 0.334 e. The van der Waals surface area contributed by atoms with E-state index in [1.165, 1.54) is 18.3 Å². The van der Waals surface area contributed by atoms with Crippen molar-refractivity contribution >= 4 is 28.2 Å². The summed E-state index contributed by atoms with van der Waals surface area (Å²) in [6.07, 6.45) is 1.52. The standard InChI is InChI=1S/C19H15N5O2/c1-13-21-16-12-14(22-19-18(24(25)26)8-5-11-20-19)9-10-17(16)23(13)15-6-3-2-4-7-15/h2-12H,1H3,(H,20,22). The summed E-state index contributed by atoms with van der Waals surface area (Å²) in [7, 11) is 0. The minimum absolute atomic E-state index is 0.0707. The zero-order valence-corrected chi connectivity index (χ0v) is 14.0. The molecular formula is C19H15N5O2. The number of nitrogens with zero attached hydrogens (tertiary/aromatic N) is 4. The second kappa shape index (κ2) is 6.29. The van der Waals surface area contributed by atoms with Crippen LogP contribution in [-0.4, -0.2) is 19.5 Å². The van der Waals surface area contributed by atoms with Crippen molar-refractivity contribution in [2.45, 2.75) is 6.92 Å². The van der Waals surface area contributed by atoms with E-state index in [4.69, 9.17) is 0 Å². The SMILES string of the molecule is Cc1nc2cc(Nc3ncccc3[N+](=O)[O-])ccc2n1-c1ccccc1. The first kappa shape index (κ1) is 15.8. The molecule has 7 nitrogen and oxygen atoms in total. The average molecular weight is 345 g/mol. The molecule has 0 saturated heterocycles. The van der Waals surface area contributed by atoms with Crippen molar-refractivity contribution in [2.75, 3.05) is 5.32 Å². The van der Waals surface area contributed by atoms with E-state index < -0.39 is 4.92 Å². The minimum atomic E-state index is -0.456. The summed E-state index contributed by atoms with van der Waals surface area (Å²) >= 11 is 0. The van der Waals surface area contributed by atoms with Crippen molar-refractivity contribution in [3.63, 3.8) is 0 Å².